The van der Waals surface area contributed by atoms with Gasteiger partial charge in [0.25, 0.3) is 5.91 Å². The average Bonchev–Trinajstić information content (AvgIpc) is 3.64. The predicted octanol–water partition coefficient (Wildman–Crippen LogP) is 3.62. The minimum atomic E-state index is -1.14. The van der Waals surface area contributed by atoms with Gasteiger partial charge in [-0.15, -0.1) is 0 Å². The number of carbonyl (C=O) groups excluding carboxylic acids is 5. The summed E-state index contributed by atoms with van der Waals surface area (Å²) in [5, 5.41) is 2.63. The van der Waals surface area contributed by atoms with Crippen LogP contribution < -0.4 is 5.32 Å². The van der Waals surface area contributed by atoms with E-state index in [2.05, 4.69) is 5.32 Å². The Balaban J connectivity index is 1.22. The number of nitrogens with one attached hydrogen (secondary N) is 1. The zero-order valence-corrected chi connectivity index (χ0v) is 22.7. The molecule has 210 valence electrons. The predicted molar refractivity (Wildman–Crippen MR) is 145 cm³/mol. The molecular formula is C31H34N2O7. The van der Waals surface area contributed by atoms with Gasteiger partial charge in [0, 0.05) is 12.1 Å². The highest BCUT2D eigenvalue weighted by molar-refractivity contribution is 6.08. The van der Waals surface area contributed by atoms with Crippen molar-refractivity contribution in [2.45, 2.75) is 45.6 Å². The summed E-state index contributed by atoms with van der Waals surface area (Å²) in [5.74, 6) is -2.53. The first-order valence-electron chi connectivity index (χ1n) is 13.9. The van der Waals surface area contributed by atoms with Crippen LogP contribution in [-0.4, -0.2) is 53.8 Å². The summed E-state index contributed by atoms with van der Waals surface area (Å²) in [6.07, 6.45) is 2.89. The number of fused-ring (bicyclic) bond motifs is 5. The number of esters is 2. The molecule has 2 aromatic rings. The number of anilines is 1. The van der Waals surface area contributed by atoms with Crippen molar-refractivity contribution in [2.75, 3.05) is 18.5 Å². The normalized spacial score (nSPS) is 23.7. The molecule has 0 spiro atoms. The molecule has 0 aromatic heterocycles. The summed E-state index contributed by atoms with van der Waals surface area (Å²) >= 11 is 0. The summed E-state index contributed by atoms with van der Waals surface area (Å²) < 4.78 is 10.6. The summed E-state index contributed by atoms with van der Waals surface area (Å²) in [5.41, 5.74) is 1.55. The average molecular weight is 547 g/mol. The second-order valence-electron chi connectivity index (χ2n) is 11.4. The van der Waals surface area contributed by atoms with Crippen molar-refractivity contribution in [2.24, 2.45) is 29.6 Å². The third-order valence-electron chi connectivity index (χ3n) is 8.11. The van der Waals surface area contributed by atoms with Crippen LogP contribution >= 0.6 is 0 Å². The highest BCUT2D eigenvalue weighted by Crippen LogP contribution is 2.56. The molecule has 1 saturated heterocycles. The second kappa shape index (κ2) is 11.6. The Morgan fingerprint density at radius 3 is 2.12 bits per heavy atom. The number of rotatable bonds is 10. The van der Waals surface area contributed by atoms with Crippen LogP contribution in [-0.2, 0) is 35.1 Å². The third-order valence-corrected chi connectivity index (χ3v) is 8.11. The molecule has 1 heterocycles. The number of carbonyl (C=O) groups is 5. The number of hydrogen-bond donors (Lipinski definition) is 1. The minimum absolute atomic E-state index is 0.113. The van der Waals surface area contributed by atoms with Crippen molar-refractivity contribution >= 4 is 35.3 Å². The van der Waals surface area contributed by atoms with Gasteiger partial charge in [-0.2, -0.15) is 0 Å². The van der Waals surface area contributed by atoms with Crippen molar-refractivity contribution in [3.8, 4) is 0 Å². The van der Waals surface area contributed by atoms with E-state index >= 15 is 0 Å². The van der Waals surface area contributed by atoms with Gasteiger partial charge in [-0.1, -0.05) is 44.2 Å². The van der Waals surface area contributed by atoms with E-state index in [-0.39, 0.29) is 47.8 Å². The zero-order chi connectivity index (χ0) is 28.4. The van der Waals surface area contributed by atoms with Gasteiger partial charge in [0.2, 0.25) is 11.8 Å². The fourth-order valence-electron chi connectivity index (χ4n) is 6.30. The smallest absolute Gasteiger partial charge is 0.338 e. The van der Waals surface area contributed by atoms with E-state index in [1.54, 1.807) is 12.1 Å². The number of benzene rings is 2. The number of nitrogens with zero attached hydrogens (tertiary/aromatic N) is 1. The maximum atomic E-state index is 13.4. The Hall–Kier alpha value is -4.01. The summed E-state index contributed by atoms with van der Waals surface area (Å²) in [7, 11) is 0. The van der Waals surface area contributed by atoms with Crippen molar-refractivity contribution in [3.63, 3.8) is 0 Å². The molecule has 9 nitrogen and oxygen atoms in total. The Morgan fingerprint density at radius 1 is 0.900 bits per heavy atom. The molecule has 3 amide bonds. The van der Waals surface area contributed by atoms with E-state index < -0.39 is 30.5 Å². The lowest BCUT2D eigenvalue weighted by Gasteiger charge is -2.26. The number of likely N-dealkylation sites (tertiary alicyclic amines) is 1. The molecule has 40 heavy (non-hydrogen) atoms. The lowest BCUT2D eigenvalue weighted by Crippen LogP contribution is -2.48. The van der Waals surface area contributed by atoms with E-state index in [1.165, 1.54) is 12.1 Å². The topological polar surface area (TPSA) is 119 Å². The molecule has 3 aliphatic rings. The first-order valence-corrected chi connectivity index (χ1v) is 13.9. The number of amides is 3. The summed E-state index contributed by atoms with van der Waals surface area (Å²) in [4.78, 5) is 66.0. The molecular weight excluding hydrogens is 512 g/mol. The maximum Gasteiger partial charge on any atom is 0.338 e. The summed E-state index contributed by atoms with van der Waals surface area (Å²) in [6, 6.07) is 14.2. The number of hydrogen-bond acceptors (Lipinski definition) is 7. The first-order chi connectivity index (χ1) is 19.2. The van der Waals surface area contributed by atoms with Gasteiger partial charge in [-0.3, -0.25) is 19.3 Å². The van der Waals surface area contributed by atoms with Crippen LogP contribution in [0.1, 0.15) is 49.0 Å². The Bertz CT molecular complexity index is 1260. The zero-order valence-electron chi connectivity index (χ0n) is 22.7. The maximum absolute atomic E-state index is 13.4. The van der Waals surface area contributed by atoms with Gasteiger partial charge in [-0.25, -0.2) is 9.59 Å². The van der Waals surface area contributed by atoms with Crippen LogP contribution in [0.5, 0.6) is 0 Å². The number of ether oxygens (including phenoxy) is 2. The van der Waals surface area contributed by atoms with Crippen LogP contribution in [0.3, 0.4) is 0 Å². The van der Waals surface area contributed by atoms with Crippen LogP contribution in [0.4, 0.5) is 5.69 Å². The molecule has 9 heteroatoms. The quantitative estimate of drug-likeness (QED) is 0.357. The van der Waals surface area contributed by atoms with Gasteiger partial charge >= 0.3 is 11.9 Å². The number of imide groups is 1. The van der Waals surface area contributed by atoms with Crippen molar-refractivity contribution in [1.82, 2.24) is 4.90 Å². The molecule has 2 bridgehead atoms. The van der Waals surface area contributed by atoms with Gasteiger partial charge in [0.15, 0.2) is 6.61 Å². The Labute approximate surface area is 233 Å². The lowest BCUT2D eigenvalue weighted by atomic mass is 9.81. The van der Waals surface area contributed by atoms with Gasteiger partial charge < -0.3 is 14.8 Å². The molecule has 5 rings (SSSR count). The monoisotopic (exact) mass is 546 g/mol. The van der Waals surface area contributed by atoms with Crippen molar-refractivity contribution in [1.29, 1.82) is 0 Å². The fourth-order valence-corrected chi connectivity index (χ4v) is 6.30. The highest BCUT2D eigenvalue weighted by atomic mass is 16.5. The molecule has 2 aliphatic carbocycles. The molecule has 0 unspecified atom stereocenters. The summed E-state index contributed by atoms with van der Waals surface area (Å²) in [6.45, 7) is 3.61. The van der Waals surface area contributed by atoms with E-state index in [0.29, 0.717) is 17.9 Å². The van der Waals surface area contributed by atoms with Crippen LogP contribution in [0.25, 0.3) is 0 Å². The van der Waals surface area contributed by atoms with Crippen LogP contribution in [0.15, 0.2) is 54.6 Å². The van der Waals surface area contributed by atoms with Gasteiger partial charge in [0.05, 0.1) is 24.0 Å². The lowest BCUT2D eigenvalue weighted by molar-refractivity contribution is -0.160. The highest BCUT2D eigenvalue weighted by Gasteiger charge is 2.62. The van der Waals surface area contributed by atoms with E-state index in [4.69, 9.17) is 9.47 Å². The van der Waals surface area contributed by atoms with Gasteiger partial charge in [0.1, 0.15) is 6.04 Å². The molecule has 1 aliphatic heterocycles. The standard InChI is InChI=1S/C31H34N2O7/c1-18(2)16-39-30(37)20-10-12-23(13-11-20)32-25(34)17-40-31(38)24(14-19-6-4-3-5-7-19)33-28(35)26-21-8-9-22(15-21)27(26)29(33)36/h3-7,10-13,18,21-22,24,26-27H,8-9,14-17H2,1-2H3,(H,32,34)/t21-,22-,24-,26-,27-/m0/s1. The first kappa shape index (κ1) is 27.6. The van der Waals surface area contributed by atoms with E-state index in [9.17, 15) is 24.0 Å². The van der Waals surface area contributed by atoms with Crippen molar-refractivity contribution in [3.05, 3.63) is 65.7 Å². The largest absolute Gasteiger partial charge is 0.462 e. The van der Waals surface area contributed by atoms with Crippen LogP contribution in [0.2, 0.25) is 0 Å². The minimum Gasteiger partial charge on any atom is -0.462 e. The molecule has 3 fully saturated rings. The third kappa shape index (κ3) is 5.64. The second-order valence-corrected chi connectivity index (χ2v) is 11.4. The molecule has 2 saturated carbocycles. The van der Waals surface area contributed by atoms with Gasteiger partial charge in [-0.05, 0) is 66.8 Å². The van der Waals surface area contributed by atoms with Crippen LogP contribution in [0, 0.1) is 29.6 Å². The van der Waals surface area contributed by atoms with E-state index in [1.807, 2.05) is 44.2 Å². The Morgan fingerprint density at radius 2 is 1.52 bits per heavy atom. The Kier molecular flexibility index (Phi) is 8.00. The fraction of sp³-hybridized carbons (Fsp3) is 0.452. The van der Waals surface area contributed by atoms with E-state index in [0.717, 1.165) is 29.7 Å². The molecule has 1 N–H and O–H groups in total. The SMILES string of the molecule is CC(C)COC(=O)c1ccc(NC(=O)COC(=O)[C@H](Cc2ccccc2)N2C(=O)[C@H]3[C@H]4CC[C@@H](C4)[C@@H]3C2=O)cc1. The molecule has 5 atom stereocenters. The molecule has 0 radical (unpaired) electrons. The van der Waals surface area contributed by atoms with Crippen molar-refractivity contribution < 1.29 is 33.4 Å². The molecule has 2 aromatic carbocycles.